The molecular weight excluding hydrogens is 713 g/mol. The first-order chi connectivity index (χ1) is 28.5. The van der Waals surface area contributed by atoms with Gasteiger partial charge in [0.15, 0.2) is 0 Å². The number of fused-ring (bicyclic) bond motifs is 10. The molecule has 2 nitrogen and oxygen atoms in total. The fourth-order valence-corrected chi connectivity index (χ4v) is 9.67. The predicted octanol–water partition coefficient (Wildman–Crippen LogP) is 15.6. The van der Waals surface area contributed by atoms with Crippen molar-refractivity contribution in [1.82, 2.24) is 0 Å². The van der Waals surface area contributed by atoms with Crippen molar-refractivity contribution in [2.75, 3.05) is 9.80 Å². The molecule has 10 rings (SSSR count). The predicted molar refractivity (Wildman–Crippen MR) is 250 cm³/mol. The Morgan fingerprint density at radius 1 is 0.288 bits per heavy atom. The second-order valence-electron chi connectivity index (χ2n) is 18.2. The SMILES string of the molecule is CC(C)(C)c1cccc(N(c2ccccc2)c2ccc3c(c2)-c2cc(N(c4ccccc4)c4cccc(C(C)(C)C)c4)ccc2C32c3ccccc3-c3ccccc32)c1. The fraction of sp³-hybridized carbons (Fsp3) is 0.158. The summed E-state index contributed by atoms with van der Waals surface area (Å²) in [5, 5.41) is 0. The van der Waals surface area contributed by atoms with E-state index in [0.717, 1.165) is 34.1 Å². The largest absolute Gasteiger partial charge is 0.310 e. The molecule has 0 aliphatic heterocycles. The molecule has 0 heterocycles. The zero-order chi connectivity index (χ0) is 40.5. The van der Waals surface area contributed by atoms with Crippen molar-refractivity contribution in [3.63, 3.8) is 0 Å². The lowest BCUT2D eigenvalue weighted by Crippen LogP contribution is -2.26. The number of nitrogens with zero attached hydrogens (tertiary/aromatic N) is 2. The molecule has 59 heavy (non-hydrogen) atoms. The second-order valence-corrected chi connectivity index (χ2v) is 18.2. The highest BCUT2D eigenvalue weighted by molar-refractivity contribution is 5.98. The molecule has 8 aromatic carbocycles. The van der Waals surface area contributed by atoms with Crippen molar-refractivity contribution in [2.45, 2.75) is 57.8 Å². The van der Waals surface area contributed by atoms with Crippen LogP contribution in [0.4, 0.5) is 34.1 Å². The summed E-state index contributed by atoms with van der Waals surface area (Å²) in [6.07, 6.45) is 0. The van der Waals surface area contributed by atoms with Gasteiger partial charge in [-0.05, 0) is 139 Å². The summed E-state index contributed by atoms with van der Waals surface area (Å²) < 4.78 is 0. The summed E-state index contributed by atoms with van der Waals surface area (Å²) in [5.74, 6) is 0. The van der Waals surface area contributed by atoms with E-state index in [9.17, 15) is 0 Å². The molecule has 0 atom stereocenters. The summed E-state index contributed by atoms with van der Waals surface area (Å²) in [5.41, 5.74) is 19.5. The van der Waals surface area contributed by atoms with Gasteiger partial charge >= 0.3 is 0 Å². The van der Waals surface area contributed by atoms with Crippen LogP contribution in [0.25, 0.3) is 22.3 Å². The van der Waals surface area contributed by atoms with Crippen molar-refractivity contribution < 1.29 is 0 Å². The Morgan fingerprint density at radius 3 is 1.03 bits per heavy atom. The number of hydrogen-bond acceptors (Lipinski definition) is 2. The van der Waals surface area contributed by atoms with Crippen LogP contribution in [0.1, 0.15) is 74.9 Å². The van der Waals surface area contributed by atoms with Gasteiger partial charge in [-0.25, -0.2) is 0 Å². The van der Waals surface area contributed by atoms with Crippen LogP contribution < -0.4 is 9.80 Å². The molecule has 0 unspecified atom stereocenters. The second kappa shape index (κ2) is 13.7. The van der Waals surface area contributed by atoms with E-state index in [-0.39, 0.29) is 10.8 Å². The molecule has 8 aromatic rings. The number of benzene rings is 8. The van der Waals surface area contributed by atoms with E-state index < -0.39 is 5.41 Å². The molecule has 0 bridgehead atoms. The molecule has 2 aliphatic carbocycles. The lowest BCUT2D eigenvalue weighted by molar-refractivity contribution is 0.590. The van der Waals surface area contributed by atoms with E-state index in [1.165, 1.54) is 55.6 Å². The van der Waals surface area contributed by atoms with Gasteiger partial charge in [0.25, 0.3) is 0 Å². The van der Waals surface area contributed by atoms with Crippen LogP contribution in [-0.4, -0.2) is 0 Å². The van der Waals surface area contributed by atoms with Crippen molar-refractivity contribution >= 4 is 34.1 Å². The average Bonchev–Trinajstić information content (AvgIpc) is 3.71. The van der Waals surface area contributed by atoms with Gasteiger partial charge in [-0.1, -0.05) is 163 Å². The van der Waals surface area contributed by atoms with Gasteiger partial charge < -0.3 is 9.80 Å². The standard InChI is InChI=1S/C57H50N2/c1-55(2,3)39-19-17-25-43(35-39)58(41-21-9-7-10-22-41)45-31-33-53-49(37-45)50-38-46(59(42-23-11-8-12-24-42)44-26-18-20-40(36-44)56(4,5)6)32-34-54(50)57(53)51-29-15-13-27-47(51)48-28-14-16-30-52(48)57/h7-38H,1-6H3. The van der Waals surface area contributed by atoms with Crippen molar-refractivity contribution in [3.05, 3.63) is 228 Å². The fourth-order valence-electron chi connectivity index (χ4n) is 9.67. The van der Waals surface area contributed by atoms with Crippen LogP contribution >= 0.6 is 0 Å². The molecule has 1 spiro atoms. The summed E-state index contributed by atoms with van der Waals surface area (Å²) in [4.78, 5) is 4.85. The Kier molecular flexibility index (Phi) is 8.54. The molecule has 0 N–H and O–H groups in total. The normalized spacial score (nSPS) is 13.4. The third-order valence-corrected chi connectivity index (χ3v) is 12.5. The molecule has 0 fully saturated rings. The maximum atomic E-state index is 2.46. The minimum atomic E-state index is -0.456. The minimum Gasteiger partial charge on any atom is -0.310 e. The Balaban J connectivity index is 1.25. The summed E-state index contributed by atoms with van der Waals surface area (Å²) >= 11 is 0. The number of para-hydroxylation sites is 2. The quantitative estimate of drug-likeness (QED) is 0.166. The third kappa shape index (κ3) is 5.92. The van der Waals surface area contributed by atoms with Crippen LogP contribution in [0.5, 0.6) is 0 Å². The number of rotatable bonds is 6. The topological polar surface area (TPSA) is 6.48 Å². The Labute approximate surface area is 350 Å². The van der Waals surface area contributed by atoms with E-state index in [1.807, 2.05) is 0 Å². The van der Waals surface area contributed by atoms with Gasteiger partial charge in [-0.3, -0.25) is 0 Å². The van der Waals surface area contributed by atoms with E-state index in [0.29, 0.717) is 0 Å². The highest BCUT2D eigenvalue weighted by atomic mass is 15.1. The monoisotopic (exact) mass is 762 g/mol. The van der Waals surface area contributed by atoms with Gasteiger partial charge in [0.2, 0.25) is 0 Å². The maximum Gasteiger partial charge on any atom is 0.0725 e. The van der Waals surface area contributed by atoms with Gasteiger partial charge in [0, 0.05) is 34.1 Å². The number of anilines is 6. The lowest BCUT2D eigenvalue weighted by atomic mass is 9.70. The Bertz CT molecular complexity index is 2660. The lowest BCUT2D eigenvalue weighted by Gasteiger charge is -2.32. The summed E-state index contributed by atoms with van der Waals surface area (Å²) in [6, 6.07) is 72.4. The highest BCUT2D eigenvalue weighted by Crippen LogP contribution is 2.64. The smallest absolute Gasteiger partial charge is 0.0725 e. The molecule has 0 saturated carbocycles. The molecule has 288 valence electrons. The average molecular weight is 763 g/mol. The maximum absolute atomic E-state index is 2.46. The van der Waals surface area contributed by atoms with E-state index in [4.69, 9.17) is 0 Å². The van der Waals surface area contributed by atoms with E-state index in [2.05, 4.69) is 245 Å². The van der Waals surface area contributed by atoms with E-state index >= 15 is 0 Å². The highest BCUT2D eigenvalue weighted by Gasteiger charge is 2.51. The molecule has 0 aromatic heterocycles. The molecule has 2 heteroatoms. The van der Waals surface area contributed by atoms with Gasteiger partial charge in [0.05, 0.1) is 5.41 Å². The Hall–Kier alpha value is -6.64. The number of hydrogen-bond donors (Lipinski definition) is 0. The minimum absolute atomic E-state index is 0.0122. The van der Waals surface area contributed by atoms with Crippen LogP contribution in [0.3, 0.4) is 0 Å². The van der Waals surface area contributed by atoms with Gasteiger partial charge in [0.1, 0.15) is 0 Å². The zero-order valence-corrected chi connectivity index (χ0v) is 34.9. The summed E-state index contributed by atoms with van der Waals surface area (Å²) in [7, 11) is 0. The molecule has 0 saturated heterocycles. The molecular formula is C57H50N2. The summed E-state index contributed by atoms with van der Waals surface area (Å²) in [6.45, 7) is 13.7. The first-order valence-electron chi connectivity index (χ1n) is 20.9. The van der Waals surface area contributed by atoms with Crippen LogP contribution in [-0.2, 0) is 16.2 Å². The molecule has 2 aliphatic rings. The van der Waals surface area contributed by atoms with Crippen LogP contribution in [0.2, 0.25) is 0 Å². The Morgan fingerprint density at radius 2 is 0.627 bits per heavy atom. The van der Waals surface area contributed by atoms with Crippen LogP contribution in [0, 0.1) is 0 Å². The van der Waals surface area contributed by atoms with Crippen molar-refractivity contribution in [1.29, 1.82) is 0 Å². The third-order valence-electron chi connectivity index (χ3n) is 12.5. The van der Waals surface area contributed by atoms with Crippen molar-refractivity contribution in [3.8, 4) is 22.3 Å². The zero-order valence-electron chi connectivity index (χ0n) is 34.9. The van der Waals surface area contributed by atoms with Gasteiger partial charge in [-0.15, -0.1) is 0 Å². The van der Waals surface area contributed by atoms with E-state index in [1.54, 1.807) is 0 Å². The van der Waals surface area contributed by atoms with Gasteiger partial charge in [-0.2, -0.15) is 0 Å². The molecule has 0 radical (unpaired) electrons. The first kappa shape index (κ1) is 36.7. The molecule has 0 amide bonds. The first-order valence-corrected chi connectivity index (χ1v) is 20.9. The van der Waals surface area contributed by atoms with Crippen molar-refractivity contribution in [2.24, 2.45) is 0 Å². The van der Waals surface area contributed by atoms with Crippen LogP contribution in [0.15, 0.2) is 194 Å².